The van der Waals surface area contributed by atoms with Crippen molar-refractivity contribution in [1.82, 2.24) is 0 Å². The number of benzene rings is 1. The Balaban J connectivity index is 1.76. The molecule has 94 valence electrons. The van der Waals surface area contributed by atoms with Crippen molar-refractivity contribution in [3.8, 4) is 0 Å². The van der Waals surface area contributed by atoms with Crippen LogP contribution in [0.2, 0.25) is 0 Å². The van der Waals surface area contributed by atoms with E-state index in [1.54, 1.807) is 12.1 Å². The molecule has 0 aliphatic heterocycles. The second kappa shape index (κ2) is 5.55. The van der Waals surface area contributed by atoms with E-state index in [0.717, 1.165) is 19.3 Å². The summed E-state index contributed by atoms with van der Waals surface area (Å²) in [5.41, 5.74) is 4.46. The summed E-state index contributed by atoms with van der Waals surface area (Å²) in [6, 6.07) is 7.44. The number of hydrogen-bond donors (Lipinski definition) is 2. The van der Waals surface area contributed by atoms with Gasteiger partial charge in [0.25, 0.3) is 0 Å². The minimum Gasteiger partial charge on any atom is -0.423 e. The van der Waals surface area contributed by atoms with Gasteiger partial charge in [-0.1, -0.05) is 49.4 Å². The molecule has 0 heterocycles. The molecule has 1 aromatic carbocycles. The first-order valence-corrected chi connectivity index (χ1v) is 6.43. The van der Waals surface area contributed by atoms with Crippen LogP contribution in [-0.4, -0.2) is 17.2 Å². The van der Waals surface area contributed by atoms with Crippen LogP contribution in [-0.2, 0) is 6.42 Å². The Kier molecular flexibility index (Phi) is 4.05. The van der Waals surface area contributed by atoms with E-state index >= 15 is 0 Å². The molecule has 0 bridgehead atoms. The predicted octanol–water partition coefficient (Wildman–Crippen LogP) is 1.82. The highest BCUT2D eigenvalue weighted by atomic mass is 16.4. The molecule has 0 fully saturated rings. The van der Waals surface area contributed by atoms with Gasteiger partial charge in [-0.25, -0.2) is 0 Å². The maximum atomic E-state index is 8.99. The zero-order valence-electron chi connectivity index (χ0n) is 10.8. The monoisotopic (exact) mass is 242 g/mol. The van der Waals surface area contributed by atoms with Crippen molar-refractivity contribution in [2.75, 3.05) is 0 Å². The average molecular weight is 242 g/mol. The molecule has 2 rings (SSSR count). The molecular formula is C15H19BO2. The van der Waals surface area contributed by atoms with Gasteiger partial charge in [-0.15, -0.1) is 0 Å². The third-order valence-corrected chi connectivity index (χ3v) is 3.44. The van der Waals surface area contributed by atoms with Crippen LogP contribution < -0.4 is 5.46 Å². The maximum absolute atomic E-state index is 8.99. The summed E-state index contributed by atoms with van der Waals surface area (Å²) >= 11 is 0. The van der Waals surface area contributed by atoms with Crippen LogP contribution in [0.1, 0.15) is 25.3 Å². The van der Waals surface area contributed by atoms with Crippen LogP contribution in [0.5, 0.6) is 0 Å². The van der Waals surface area contributed by atoms with Crippen LogP contribution in [0.3, 0.4) is 0 Å². The van der Waals surface area contributed by atoms with Gasteiger partial charge in [0.1, 0.15) is 0 Å². The van der Waals surface area contributed by atoms with Crippen LogP contribution in [0.4, 0.5) is 0 Å². The van der Waals surface area contributed by atoms with Crippen LogP contribution >= 0.6 is 0 Å². The van der Waals surface area contributed by atoms with Crippen LogP contribution in [0.25, 0.3) is 0 Å². The first-order chi connectivity index (χ1) is 8.58. The fourth-order valence-corrected chi connectivity index (χ4v) is 2.17. The molecule has 0 saturated heterocycles. The lowest BCUT2D eigenvalue weighted by molar-refractivity contribution is 0.426. The molecule has 18 heavy (non-hydrogen) atoms. The highest BCUT2D eigenvalue weighted by Gasteiger charge is 2.20. The molecule has 1 atom stereocenters. The average Bonchev–Trinajstić information content (AvgIpc) is 3.07. The molecule has 1 aromatic rings. The highest BCUT2D eigenvalue weighted by molar-refractivity contribution is 6.58. The van der Waals surface area contributed by atoms with Crippen molar-refractivity contribution in [3.63, 3.8) is 0 Å². The number of allylic oxidation sites excluding steroid dienone is 3. The van der Waals surface area contributed by atoms with Crippen molar-refractivity contribution < 1.29 is 10.0 Å². The van der Waals surface area contributed by atoms with Gasteiger partial charge in [0, 0.05) is 0 Å². The quantitative estimate of drug-likeness (QED) is 0.747. The topological polar surface area (TPSA) is 40.5 Å². The van der Waals surface area contributed by atoms with Gasteiger partial charge in [-0.05, 0) is 41.8 Å². The largest absolute Gasteiger partial charge is 0.488 e. The Morgan fingerprint density at radius 1 is 1.28 bits per heavy atom. The summed E-state index contributed by atoms with van der Waals surface area (Å²) in [6.45, 7) is 6.30. The SMILES string of the molecule is C=C(CCCc1ccc(B(O)O)cc1)C1=C[C@@H]1C. The zero-order valence-corrected chi connectivity index (χ0v) is 10.8. The third kappa shape index (κ3) is 3.34. The molecule has 2 nitrogen and oxygen atoms in total. The lowest BCUT2D eigenvalue weighted by Crippen LogP contribution is -2.29. The van der Waals surface area contributed by atoms with Gasteiger partial charge in [0.05, 0.1) is 0 Å². The van der Waals surface area contributed by atoms with Crippen molar-refractivity contribution in [3.05, 3.63) is 53.6 Å². The minimum atomic E-state index is -1.37. The summed E-state index contributed by atoms with van der Waals surface area (Å²) in [7, 11) is -1.37. The summed E-state index contributed by atoms with van der Waals surface area (Å²) in [5.74, 6) is 0.642. The van der Waals surface area contributed by atoms with Gasteiger partial charge >= 0.3 is 7.12 Å². The first-order valence-electron chi connectivity index (χ1n) is 6.43. The molecule has 0 unspecified atom stereocenters. The number of aryl methyl sites for hydroxylation is 1. The van der Waals surface area contributed by atoms with Crippen LogP contribution in [0.15, 0.2) is 48.1 Å². The Morgan fingerprint density at radius 2 is 1.89 bits per heavy atom. The van der Waals surface area contributed by atoms with Crippen molar-refractivity contribution >= 4 is 12.6 Å². The van der Waals surface area contributed by atoms with E-state index in [-0.39, 0.29) is 0 Å². The fourth-order valence-electron chi connectivity index (χ4n) is 2.17. The van der Waals surface area contributed by atoms with E-state index in [9.17, 15) is 0 Å². The lowest BCUT2D eigenvalue weighted by Gasteiger charge is -2.05. The fraction of sp³-hybridized carbons (Fsp3) is 0.333. The second-order valence-corrected chi connectivity index (χ2v) is 4.98. The standard InChI is InChI=1S/C15H19BO2/c1-11(15-10-12(15)2)4-3-5-13-6-8-14(9-7-13)16(17)18/h6-10,12,17-18H,1,3-5H2,2H3/t12-/m0/s1. The molecule has 0 aromatic heterocycles. The number of rotatable bonds is 6. The van der Waals surface area contributed by atoms with E-state index in [0.29, 0.717) is 11.4 Å². The Bertz CT molecular complexity index is 460. The summed E-state index contributed by atoms with van der Waals surface area (Å²) in [6.07, 6.45) is 5.38. The molecule has 1 aliphatic carbocycles. The summed E-state index contributed by atoms with van der Waals surface area (Å²) < 4.78 is 0. The Labute approximate surface area is 109 Å². The molecule has 0 radical (unpaired) electrons. The molecule has 3 heteroatoms. The minimum absolute atomic E-state index is 0.542. The highest BCUT2D eigenvalue weighted by Crippen LogP contribution is 2.35. The molecule has 2 N–H and O–H groups in total. The van der Waals surface area contributed by atoms with Gasteiger partial charge < -0.3 is 10.0 Å². The summed E-state index contributed by atoms with van der Waals surface area (Å²) in [4.78, 5) is 0. The zero-order chi connectivity index (χ0) is 13.1. The molecule has 0 spiro atoms. The van der Waals surface area contributed by atoms with Crippen molar-refractivity contribution in [1.29, 1.82) is 0 Å². The normalized spacial score (nSPS) is 17.3. The van der Waals surface area contributed by atoms with E-state index in [1.165, 1.54) is 16.7 Å². The predicted molar refractivity (Wildman–Crippen MR) is 75.6 cm³/mol. The van der Waals surface area contributed by atoms with Gasteiger partial charge in [0.2, 0.25) is 0 Å². The van der Waals surface area contributed by atoms with Gasteiger partial charge in [-0.2, -0.15) is 0 Å². The maximum Gasteiger partial charge on any atom is 0.488 e. The van der Waals surface area contributed by atoms with Gasteiger partial charge in [0.15, 0.2) is 0 Å². The molecule has 1 aliphatic rings. The van der Waals surface area contributed by atoms with Crippen molar-refractivity contribution in [2.45, 2.75) is 26.2 Å². The van der Waals surface area contributed by atoms with Gasteiger partial charge in [-0.3, -0.25) is 0 Å². The molecule has 0 amide bonds. The summed E-state index contributed by atoms with van der Waals surface area (Å²) in [5, 5.41) is 18.0. The van der Waals surface area contributed by atoms with E-state index in [2.05, 4.69) is 19.6 Å². The molecule has 0 saturated carbocycles. The smallest absolute Gasteiger partial charge is 0.423 e. The van der Waals surface area contributed by atoms with Crippen LogP contribution in [0, 0.1) is 5.92 Å². The van der Waals surface area contributed by atoms with E-state index < -0.39 is 7.12 Å². The van der Waals surface area contributed by atoms with Crippen molar-refractivity contribution in [2.24, 2.45) is 5.92 Å². The lowest BCUT2D eigenvalue weighted by atomic mass is 9.80. The van der Waals surface area contributed by atoms with E-state index in [4.69, 9.17) is 10.0 Å². The first kappa shape index (κ1) is 13.1. The second-order valence-electron chi connectivity index (χ2n) is 4.98. The van der Waals surface area contributed by atoms with E-state index in [1.807, 2.05) is 12.1 Å². The Morgan fingerprint density at radius 3 is 2.39 bits per heavy atom. The molecular weight excluding hydrogens is 223 g/mol. The third-order valence-electron chi connectivity index (χ3n) is 3.44. The Hall–Kier alpha value is -1.32. The number of hydrogen-bond acceptors (Lipinski definition) is 2.